The molecule has 0 unspecified atom stereocenters. The fraction of sp³-hybridized carbons (Fsp3) is 0.630. The van der Waals surface area contributed by atoms with E-state index in [4.69, 9.17) is 14.2 Å². The second-order valence-corrected chi connectivity index (χ2v) is 9.44. The van der Waals surface area contributed by atoms with Gasteiger partial charge in [-0.05, 0) is 54.7 Å². The molecule has 0 saturated carbocycles. The average Bonchev–Trinajstić information content (AvgIpc) is 2.79. The Bertz CT molecular complexity index is 744. The van der Waals surface area contributed by atoms with Crippen molar-refractivity contribution < 1.29 is 28.9 Å². The molecule has 0 fully saturated rings. The zero-order chi connectivity index (χ0) is 25.5. The van der Waals surface area contributed by atoms with Crippen LogP contribution >= 0.6 is 0 Å². The Kier molecular flexibility index (Phi) is 14.2. The van der Waals surface area contributed by atoms with E-state index in [1.54, 1.807) is 31.4 Å². The van der Waals surface area contributed by atoms with Crippen LogP contribution in [0.2, 0.25) is 0 Å². The first kappa shape index (κ1) is 29.7. The van der Waals surface area contributed by atoms with Gasteiger partial charge in [-0.25, -0.2) is 4.79 Å². The number of phenolic OH excluding ortho intramolecular Hbond substituents is 1. The highest BCUT2D eigenvalue weighted by Crippen LogP contribution is 2.27. The minimum absolute atomic E-state index is 0.0166. The number of aromatic hydroxyl groups is 1. The molecular formula is C27H43NO6. The lowest BCUT2D eigenvalue weighted by Gasteiger charge is -2.28. The summed E-state index contributed by atoms with van der Waals surface area (Å²) in [5.74, 6) is -0.0940. The lowest BCUT2D eigenvalue weighted by molar-refractivity contribution is -0.145. The summed E-state index contributed by atoms with van der Waals surface area (Å²) in [4.78, 5) is 26.0. The maximum Gasteiger partial charge on any atom is 0.328 e. The predicted molar refractivity (Wildman–Crippen MR) is 133 cm³/mol. The van der Waals surface area contributed by atoms with Gasteiger partial charge in [0.1, 0.15) is 18.6 Å². The first-order chi connectivity index (χ1) is 16.2. The van der Waals surface area contributed by atoms with Crippen LogP contribution in [-0.4, -0.2) is 50.6 Å². The molecular weight excluding hydrogens is 434 g/mol. The smallest absolute Gasteiger partial charge is 0.328 e. The van der Waals surface area contributed by atoms with E-state index >= 15 is 0 Å². The summed E-state index contributed by atoms with van der Waals surface area (Å²) in [6, 6.07) is 5.78. The number of phenols is 1. The van der Waals surface area contributed by atoms with E-state index < -0.39 is 12.0 Å². The van der Waals surface area contributed by atoms with E-state index in [1.165, 1.54) is 7.11 Å². The Hall–Kier alpha value is -2.38. The second-order valence-electron chi connectivity index (χ2n) is 9.44. The van der Waals surface area contributed by atoms with Crippen LogP contribution in [0.1, 0.15) is 52.5 Å². The summed E-state index contributed by atoms with van der Waals surface area (Å²) in [6.45, 7) is 9.22. The summed E-state index contributed by atoms with van der Waals surface area (Å²) in [5.41, 5.74) is 0.820. The highest BCUT2D eigenvalue weighted by atomic mass is 16.7. The molecule has 7 heteroatoms. The molecule has 192 valence electrons. The van der Waals surface area contributed by atoms with Gasteiger partial charge in [0.25, 0.3) is 0 Å². The Morgan fingerprint density at radius 2 is 1.74 bits per heavy atom. The number of hydrogen-bond donors (Lipinski definition) is 2. The molecule has 0 aliphatic heterocycles. The highest BCUT2D eigenvalue weighted by Gasteiger charge is 2.31. The van der Waals surface area contributed by atoms with E-state index in [-0.39, 0.29) is 36.7 Å². The number of ether oxygens (including phenoxy) is 3. The largest absolute Gasteiger partial charge is 0.508 e. The SMILES string of the molecule is COCOCCC[C@H](/C=C/C(C)C)[C@@H](CC(C)C)C(=O)N[C@@H](Cc1ccc(O)cc1)C(=O)OC. The predicted octanol–water partition coefficient (Wildman–Crippen LogP) is 4.48. The Morgan fingerprint density at radius 3 is 2.29 bits per heavy atom. The fourth-order valence-electron chi connectivity index (χ4n) is 3.83. The summed E-state index contributed by atoms with van der Waals surface area (Å²) in [5, 5.41) is 12.5. The molecule has 0 aromatic heterocycles. The molecule has 0 heterocycles. The van der Waals surface area contributed by atoms with Crippen molar-refractivity contribution in [2.45, 2.75) is 59.4 Å². The van der Waals surface area contributed by atoms with Crippen molar-refractivity contribution in [3.05, 3.63) is 42.0 Å². The van der Waals surface area contributed by atoms with Gasteiger partial charge < -0.3 is 24.6 Å². The van der Waals surface area contributed by atoms with Gasteiger partial charge in [0.05, 0.1) is 7.11 Å². The van der Waals surface area contributed by atoms with Crippen molar-refractivity contribution in [2.24, 2.45) is 23.7 Å². The Morgan fingerprint density at radius 1 is 1.06 bits per heavy atom. The number of rotatable bonds is 16. The van der Waals surface area contributed by atoms with Crippen molar-refractivity contribution in [1.82, 2.24) is 5.32 Å². The maximum absolute atomic E-state index is 13.5. The van der Waals surface area contributed by atoms with Crippen molar-refractivity contribution >= 4 is 11.9 Å². The molecule has 0 spiro atoms. The molecule has 7 nitrogen and oxygen atoms in total. The first-order valence-electron chi connectivity index (χ1n) is 12.1. The van der Waals surface area contributed by atoms with Crippen LogP contribution in [0.3, 0.4) is 0 Å². The molecule has 1 amide bonds. The molecule has 1 rings (SSSR count). The lowest BCUT2D eigenvalue weighted by atomic mass is 9.81. The van der Waals surface area contributed by atoms with Crippen LogP contribution in [0.5, 0.6) is 5.75 Å². The minimum Gasteiger partial charge on any atom is -0.508 e. The van der Waals surface area contributed by atoms with E-state index in [0.717, 1.165) is 18.4 Å². The van der Waals surface area contributed by atoms with Gasteiger partial charge in [0.15, 0.2) is 0 Å². The normalized spacial score (nSPS) is 14.4. The van der Waals surface area contributed by atoms with Crippen molar-refractivity contribution in [1.29, 1.82) is 0 Å². The lowest BCUT2D eigenvalue weighted by Crippen LogP contribution is -2.47. The number of carbonyl (C=O) groups excluding carboxylic acids is 2. The molecule has 1 aromatic rings. The van der Waals surface area contributed by atoms with Gasteiger partial charge in [-0.2, -0.15) is 0 Å². The number of nitrogens with one attached hydrogen (secondary N) is 1. The zero-order valence-electron chi connectivity index (χ0n) is 21.6. The first-order valence-corrected chi connectivity index (χ1v) is 12.1. The average molecular weight is 478 g/mol. The molecule has 34 heavy (non-hydrogen) atoms. The van der Waals surface area contributed by atoms with Crippen molar-refractivity contribution in [2.75, 3.05) is 27.6 Å². The molecule has 0 aliphatic carbocycles. The molecule has 3 atom stereocenters. The van der Waals surface area contributed by atoms with Gasteiger partial charge in [-0.15, -0.1) is 0 Å². The number of amides is 1. The molecule has 0 bridgehead atoms. The molecule has 2 N–H and O–H groups in total. The third-order valence-electron chi connectivity index (χ3n) is 5.53. The van der Waals surface area contributed by atoms with Crippen LogP contribution in [-0.2, 0) is 30.2 Å². The number of carbonyl (C=O) groups is 2. The summed E-state index contributed by atoms with van der Waals surface area (Å²) in [7, 11) is 2.91. The van der Waals surface area contributed by atoms with Crippen LogP contribution in [0, 0.1) is 23.7 Å². The highest BCUT2D eigenvalue weighted by molar-refractivity contribution is 5.86. The molecule has 0 saturated heterocycles. The van der Waals surface area contributed by atoms with Crippen LogP contribution in [0.15, 0.2) is 36.4 Å². The number of hydrogen-bond acceptors (Lipinski definition) is 6. The van der Waals surface area contributed by atoms with Crippen molar-refractivity contribution in [3.63, 3.8) is 0 Å². The van der Waals surface area contributed by atoms with Gasteiger partial charge in [0.2, 0.25) is 5.91 Å². The summed E-state index contributed by atoms with van der Waals surface area (Å²) >= 11 is 0. The Balaban J connectivity index is 3.06. The van der Waals surface area contributed by atoms with E-state index in [2.05, 4.69) is 45.2 Å². The maximum atomic E-state index is 13.5. The molecule has 0 aliphatic rings. The van der Waals surface area contributed by atoms with Gasteiger partial charge in [-0.3, -0.25) is 4.79 Å². The van der Waals surface area contributed by atoms with Gasteiger partial charge in [-0.1, -0.05) is 52.0 Å². The quantitative estimate of drug-likeness (QED) is 0.158. The van der Waals surface area contributed by atoms with Gasteiger partial charge in [0, 0.05) is 26.1 Å². The third kappa shape index (κ3) is 11.7. The monoisotopic (exact) mass is 477 g/mol. The van der Waals surface area contributed by atoms with Crippen LogP contribution < -0.4 is 5.32 Å². The molecule has 1 aromatic carbocycles. The van der Waals surface area contributed by atoms with Crippen molar-refractivity contribution in [3.8, 4) is 5.75 Å². The number of methoxy groups -OCH3 is 2. The fourth-order valence-corrected chi connectivity index (χ4v) is 3.83. The van der Waals surface area contributed by atoms with E-state index in [1.807, 2.05) is 0 Å². The standard InChI is InChI=1S/C27H43NO6/c1-19(2)9-12-22(8-7-15-34-18-32-5)24(16-20(3)4)26(30)28-25(27(31)33-6)17-21-10-13-23(29)14-11-21/h9-14,19-20,22,24-25,29H,7-8,15-18H2,1-6H3,(H,28,30)/b12-9+/t22-,24-,25+/m1/s1. The van der Waals surface area contributed by atoms with Crippen LogP contribution in [0.4, 0.5) is 0 Å². The summed E-state index contributed by atoms with van der Waals surface area (Å²) in [6.07, 6.45) is 6.84. The van der Waals surface area contributed by atoms with Gasteiger partial charge >= 0.3 is 5.97 Å². The third-order valence-corrected chi connectivity index (χ3v) is 5.53. The number of benzene rings is 1. The zero-order valence-corrected chi connectivity index (χ0v) is 21.6. The summed E-state index contributed by atoms with van der Waals surface area (Å²) < 4.78 is 15.3. The topological polar surface area (TPSA) is 94.1 Å². The minimum atomic E-state index is -0.809. The Labute approximate surface area is 204 Å². The number of esters is 1. The van der Waals surface area contributed by atoms with E-state index in [0.29, 0.717) is 24.9 Å². The molecule has 0 radical (unpaired) electrons. The van der Waals surface area contributed by atoms with Crippen LogP contribution in [0.25, 0.3) is 0 Å². The second kappa shape index (κ2) is 16.3. The number of allylic oxidation sites excluding steroid dienone is 2. The van der Waals surface area contributed by atoms with E-state index in [9.17, 15) is 14.7 Å².